The molecule has 1 N–H and O–H groups in total. The number of amides is 1. The molecular weight excluding hydrogens is 372 g/mol. The van der Waals surface area contributed by atoms with Crippen molar-refractivity contribution in [1.82, 2.24) is 0 Å². The Labute approximate surface area is 159 Å². The molecule has 1 atom stereocenters. The van der Waals surface area contributed by atoms with E-state index in [0.717, 1.165) is 0 Å². The number of nitro benzene ring substituents is 1. The van der Waals surface area contributed by atoms with Crippen molar-refractivity contribution in [2.45, 2.75) is 6.10 Å². The van der Waals surface area contributed by atoms with Gasteiger partial charge in [0.25, 0.3) is 11.6 Å². The first kappa shape index (κ1) is 19.0. The second kappa shape index (κ2) is 8.25. The van der Waals surface area contributed by atoms with E-state index in [1.807, 2.05) is 0 Å². The lowest BCUT2D eigenvalue weighted by Gasteiger charge is -2.24. The van der Waals surface area contributed by atoms with Gasteiger partial charge in [-0.2, -0.15) is 0 Å². The van der Waals surface area contributed by atoms with Crippen molar-refractivity contribution in [3.8, 4) is 17.2 Å². The fourth-order valence-electron chi connectivity index (χ4n) is 2.45. The normalized spacial score (nSPS) is 14.7. The topological polar surface area (TPSA) is 126 Å². The summed E-state index contributed by atoms with van der Waals surface area (Å²) in [6, 6.07) is 10.8. The molecule has 0 aromatic heterocycles. The number of nitrogens with one attached hydrogen (secondary N) is 1. The number of nitro groups is 1. The van der Waals surface area contributed by atoms with Gasteiger partial charge in [-0.3, -0.25) is 14.9 Å². The van der Waals surface area contributed by atoms with Crippen LogP contribution in [0.25, 0.3) is 0 Å². The van der Waals surface area contributed by atoms with E-state index in [1.165, 1.54) is 25.3 Å². The molecular formula is C18H16N2O8. The van der Waals surface area contributed by atoms with Gasteiger partial charge in [0.05, 0.1) is 18.1 Å². The lowest BCUT2D eigenvalue weighted by Crippen LogP contribution is -2.39. The molecule has 0 saturated carbocycles. The molecule has 3 rings (SSSR count). The van der Waals surface area contributed by atoms with E-state index in [2.05, 4.69) is 5.32 Å². The van der Waals surface area contributed by atoms with E-state index in [-0.39, 0.29) is 23.7 Å². The number of fused-ring (bicyclic) bond motifs is 1. The molecule has 10 heteroatoms. The summed E-state index contributed by atoms with van der Waals surface area (Å²) in [4.78, 5) is 34.6. The molecule has 0 saturated heterocycles. The summed E-state index contributed by atoms with van der Waals surface area (Å²) >= 11 is 0. The van der Waals surface area contributed by atoms with E-state index in [0.29, 0.717) is 11.5 Å². The zero-order chi connectivity index (χ0) is 20.1. The number of benzene rings is 2. The van der Waals surface area contributed by atoms with Crippen molar-refractivity contribution in [2.24, 2.45) is 0 Å². The van der Waals surface area contributed by atoms with E-state index in [1.54, 1.807) is 24.3 Å². The van der Waals surface area contributed by atoms with Crippen LogP contribution in [0.5, 0.6) is 17.2 Å². The van der Waals surface area contributed by atoms with Gasteiger partial charge in [-0.05, 0) is 24.3 Å². The molecule has 0 fully saturated rings. The van der Waals surface area contributed by atoms with Crippen LogP contribution in [-0.4, -0.2) is 43.2 Å². The van der Waals surface area contributed by atoms with E-state index in [4.69, 9.17) is 18.9 Å². The Bertz CT molecular complexity index is 914. The smallest absolute Gasteiger partial charge is 0.351 e. The summed E-state index contributed by atoms with van der Waals surface area (Å²) in [7, 11) is 1.37. The van der Waals surface area contributed by atoms with Crippen molar-refractivity contribution in [2.75, 3.05) is 25.6 Å². The fraction of sp³-hybridized carbons (Fsp3) is 0.222. The minimum Gasteiger partial charge on any atom is -0.496 e. The third-order valence-corrected chi connectivity index (χ3v) is 3.79. The molecule has 1 amide bonds. The molecule has 0 radical (unpaired) electrons. The van der Waals surface area contributed by atoms with Crippen LogP contribution in [-0.2, 0) is 14.3 Å². The molecule has 0 spiro atoms. The Morgan fingerprint density at radius 3 is 2.71 bits per heavy atom. The van der Waals surface area contributed by atoms with Gasteiger partial charge in [0.1, 0.15) is 18.0 Å². The third-order valence-electron chi connectivity index (χ3n) is 3.79. The van der Waals surface area contributed by atoms with Gasteiger partial charge in [0, 0.05) is 0 Å². The summed E-state index contributed by atoms with van der Waals surface area (Å²) in [6.45, 7) is -0.690. The third kappa shape index (κ3) is 4.29. The molecule has 2 aromatic carbocycles. The number of anilines is 1. The Morgan fingerprint density at radius 1 is 1.25 bits per heavy atom. The van der Waals surface area contributed by atoms with E-state index >= 15 is 0 Å². The van der Waals surface area contributed by atoms with Gasteiger partial charge < -0.3 is 24.3 Å². The minimum atomic E-state index is -1.02. The number of para-hydroxylation sites is 2. The van der Waals surface area contributed by atoms with Gasteiger partial charge in [0.2, 0.25) is 6.10 Å². The highest BCUT2D eigenvalue weighted by atomic mass is 16.6. The number of rotatable bonds is 6. The van der Waals surface area contributed by atoms with Crippen LogP contribution < -0.4 is 19.5 Å². The Kier molecular flexibility index (Phi) is 5.58. The molecule has 2 aromatic rings. The molecule has 146 valence electrons. The van der Waals surface area contributed by atoms with Gasteiger partial charge in [-0.1, -0.05) is 12.1 Å². The van der Waals surface area contributed by atoms with Crippen LogP contribution in [0.1, 0.15) is 0 Å². The number of nitrogens with zero attached hydrogens (tertiary/aromatic N) is 1. The zero-order valence-corrected chi connectivity index (χ0v) is 14.7. The van der Waals surface area contributed by atoms with Crippen molar-refractivity contribution >= 4 is 23.3 Å². The molecule has 0 unspecified atom stereocenters. The van der Waals surface area contributed by atoms with Crippen LogP contribution in [0.2, 0.25) is 0 Å². The highest BCUT2D eigenvalue weighted by Gasteiger charge is 2.29. The van der Waals surface area contributed by atoms with Crippen LogP contribution in [0, 0.1) is 10.1 Å². The van der Waals surface area contributed by atoms with Gasteiger partial charge in [-0.15, -0.1) is 0 Å². The first-order valence-corrected chi connectivity index (χ1v) is 8.15. The van der Waals surface area contributed by atoms with E-state index < -0.39 is 29.5 Å². The van der Waals surface area contributed by atoms with Crippen molar-refractivity contribution in [1.29, 1.82) is 0 Å². The molecule has 1 aliphatic rings. The summed E-state index contributed by atoms with van der Waals surface area (Å²) in [5.41, 5.74) is -0.391. The number of esters is 1. The predicted molar refractivity (Wildman–Crippen MR) is 95.6 cm³/mol. The molecule has 1 heterocycles. The van der Waals surface area contributed by atoms with Gasteiger partial charge >= 0.3 is 5.97 Å². The van der Waals surface area contributed by atoms with Gasteiger partial charge in [-0.25, -0.2) is 4.79 Å². The van der Waals surface area contributed by atoms with Gasteiger partial charge in [0.15, 0.2) is 18.1 Å². The first-order chi connectivity index (χ1) is 13.5. The van der Waals surface area contributed by atoms with E-state index in [9.17, 15) is 19.7 Å². The fourth-order valence-corrected chi connectivity index (χ4v) is 2.45. The standard InChI is InChI=1S/C18H16N2O8/c1-25-11-6-7-12(13(8-11)20(23)24)19-17(21)10-27-18(22)16-9-26-14-4-2-3-5-15(14)28-16/h2-8,16H,9-10H2,1H3,(H,19,21)/t16-/m0/s1. The highest BCUT2D eigenvalue weighted by Crippen LogP contribution is 2.31. The Hall–Kier alpha value is -3.82. The maximum atomic E-state index is 12.1. The summed E-state index contributed by atoms with van der Waals surface area (Å²) < 4.78 is 20.7. The number of ether oxygens (including phenoxy) is 4. The quantitative estimate of drug-likeness (QED) is 0.452. The van der Waals surface area contributed by atoms with Crippen molar-refractivity contribution in [3.05, 3.63) is 52.6 Å². The largest absolute Gasteiger partial charge is 0.496 e. The Morgan fingerprint density at radius 2 is 2.00 bits per heavy atom. The average Bonchev–Trinajstić information content (AvgIpc) is 2.71. The SMILES string of the molecule is COc1ccc(NC(=O)COC(=O)[C@@H]2COc3ccccc3O2)c([N+](=O)[O-])c1. The second-order valence-corrected chi connectivity index (χ2v) is 5.66. The number of methoxy groups -OCH3 is 1. The van der Waals surface area contributed by atoms with Crippen molar-refractivity contribution < 1.29 is 33.5 Å². The Balaban J connectivity index is 1.56. The molecule has 28 heavy (non-hydrogen) atoms. The summed E-state index contributed by atoms with van der Waals surface area (Å²) in [6.07, 6.45) is -1.02. The number of hydrogen-bond donors (Lipinski definition) is 1. The molecule has 0 bridgehead atoms. The number of carbonyl (C=O) groups is 2. The zero-order valence-electron chi connectivity index (χ0n) is 14.7. The van der Waals surface area contributed by atoms with Crippen molar-refractivity contribution in [3.63, 3.8) is 0 Å². The monoisotopic (exact) mass is 388 g/mol. The average molecular weight is 388 g/mol. The minimum absolute atomic E-state index is 0.0435. The van der Waals surface area contributed by atoms with Crippen LogP contribution >= 0.6 is 0 Å². The highest BCUT2D eigenvalue weighted by molar-refractivity contribution is 5.95. The van der Waals surface area contributed by atoms with Crippen LogP contribution in [0.3, 0.4) is 0 Å². The molecule has 10 nitrogen and oxygen atoms in total. The lowest BCUT2D eigenvalue weighted by atomic mass is 10.2. The number of carbonyl (C=O) groups excluding carboxylic acids is 2. The predicted octanol–water partition coefficient (Wildman–Crippen LogP) is 1.93. The first-order valence-electron chi connectivity index (χ1n) is 8.15. The van der Waals surface area contributed by atoms with Crippen LogP contribution in [0.15, 0.2) is 42.5 Å². The lowest BCUT2D eigenvalue weighted by molar-refractivity contribution is -0.384. The maximum Gasteiger partial charge on any atom is 0.351 e. The summed E-state index contributed by atoms with van der Waals surface area (Å²) in [5, 5.41) is 13.5. The molecule has 1 aliphatic heterocycles. The second-order valence-electron chi connectivity index (χ2n) is 5.66. The maximum absolute atomic E-state index is 12.1. The number of hydrogen-bond acceptors (Lipinski definition) is 8. The summed E-state index contributed by atoms with van der Waals surface area (Å²) in [5.74, 6) is -0.344. The van der Waals surface area contributed by atoms with Crippen LogP contribution in [0.4, 0.5) is 11.4 Å². The molecule has 0 aliphatic carbocycles.